The summed E-state index contributed by atoms with van der Waals surface area (Å²) in [6, 6.07) is 0. The molecule has 0 saturated heterocycles. The molecule has 0 fully saturated rings. The largest absolute Gasteiger partial charge is 2.00 e. The fourth-order valence-corrected chi connectivity index (χ4v) is 0. The SMILES string of the molecule is C=C[CH2-].CO.CO.CO.[NH2-].[Zr+2]. The summed E-state index contributed by atoms with van der Waals surface area (Å²) in [5.74, 6) is 0. The maximum Gasteiger partial charge on any atom is 2.00 e. The Labute approximate surface area is 88.7 Å². The predicted octanol–water partition coefficient (Wildman–Crippen LogP) is 0.547. The maximum atomic E-state index is 7.00. The second-order valence-corrected chi connectivity index (χ2v) is 0.289. The van der Waals surface area contributed by atoms with Gasteiger partial charge in [-0.2, -0.15) is 0 Å². The second kappa shape index (κ2) is 506. The molecule has 0 atom stereocenters. The summed E-state index contributed by atoms with van der Waals surface area (Å²) in [5.41, 5.74) is 0. The fourth-order valence-electron chi connectivity index (χ4n) is 0. The van der Waals surface area contributed by atoms with Crippen molar-refractivity contribution in [1.29, 1.82) is 0 Å². The summed E-state index contributed by atoms with van der Waals surface area (Å²) in [4.78, 5) is 0. The Balaban J connectivity index is -0.00000000729. The van der Waals surface area contributed by atoms with Crippen LogP contribution in [0.3, 0.4) is 0 Å². The van der Waals surface area contributed by atoms with E-state index in [2.05, 4.69) is 13.5 Å². The van der Waals surface area contributed by atoms with Crippen LogP contribution in [0.1, 0.15) is 0 Å². The van der Waals surface area contributed by atoms with Crippen LogP contribution in [-0.2, 0) is 26.2 Å². The predicted molar refractivity (Wildman–Crippen MR) is 45.3 cm³/mol. The molecule has 0 unspecified atom stereocenters. The van der Waals surface area contributed by atoms with Crippen molar-refractivity contribution < 1.29 is 41.5 Å². The average molecular weight is 244 g/mol. The second-order valence-electron chi connectivity index (χ2n) is 0.289. The Morgan fingerprint density at radius 2 is 1.00 bits per heavy atom. The molecule has 0 saturated carbocycles. The monoisotopic (exact) mass is 243 g/mol. The minimum atomic E-state index is 0. The number of aliphatic hydroxyl groups is 3. The molecule has 0 spiro atoms. The fraction of sp³-hybridized carbons (Fsp3) is 0.500. The molecule has 0 rings (SSSR count). The van der Waals surface area contributed by atoms with E-state index in [0.29, 0.717) is 0 Å². The van der Waals surface area contributed by atoms with Crippen molar-refractivity contribution in [2.24, 2.45) is 0 Å². The minimum absolute atomic E-state index is 0. The summed E-state index contributed by atoms with van der Waals surface area (Å²) >= 11 is 0. The smallest absolute Gasteiger partial charge is 0.693 e. The van der Waals surface area contributed by atoms with Gasteiger partial charge in [0.15, 0.2) is 0 Å². The Kier molecular flexibility index (Phi) is 1960. The van der Waals surface area contributed by atoms with Crippen LogP contribution in [0.25, 0.3) is 6.15 Å². The van der Waals surface area contributed by atoms with Crippen LogP contribution in [0.4, 0.5) is 0 Å². The topological polar surface area (TPSA) is 94.2 Å². The Bertz CT molecular complexity index is 25.3. The zero-order chi connectivity index (χ0) is 8.71. The van der Waals surface area contributed by atoms with Gasteiger partial charge in [0.1, 0.15) is 0 Å². The Morgan fingerprint density at radius 1 is 1.00 bits per heavy atom. The number of hydrogen-bond acceptors (Lipinski definition) is 3. The zero-order valence-electron chi connectivity index (χ0n) is 7.41. The molecule has 70 valence electrons. The van der Waals surface area contributed by atoms with Crippen molar-refractivity contribution in [1.82, 2.24) is 0 Å². The van der Waals surface area contributed by atoms with E-state index in [1.807, 2.05) is 0 Å². The summed E-state index contributed by atoms with van der Waals surface area (Å²) < 4.78 is 0. The number of rotatable bonds is 0. The first-order valence-corrected chi connectivity index (χ1v) is 2.16. The van der Waals surface area contributed by atoms with Crippen LogP contribution in [-0.4, -0.2) is 36.6 Å². The van der Waals surface area contributed by atoms with Crippen molar-refractivity contribution in [2.45, 2.75) is 0 Å². The van der Waals surface area contributed by atoms with Crippen molar-refractivity contribution in [2.75, 3.05) is 21.3 Å². The molecule has 0 aliphatic carbocycles. The molecular weight excluding hydrogens is 225 g/mol. The van der Waals surface area contributed by atoms with Gasteiger partial charge in [0, 0.05) is 21.3 Å². The molecule has 4 nitrogen and oxygen atoms in total. The van der Waals surface area contributed by atoms with Crippen LogP contribution < -0.4 is 0 Å². The van der Waals surface area contributed by atoms with Crippen molar-refractivity contribution >= 4 is 0 Å². The first-order valence-electron chi connectivity index (χ1n) is 2.16. The molecule has 0 radical (unpaired) electrons. The summed E-state index contributed by atoms with van der Waals surface area (Å²) in [6.07, 6.45) is 1.50. The molecule has 0 heterocycles. The summed E-state index contributed by atoms with van der Waals surface area (Å²) in [6.45, 7) is 6.50. The van der Waals surface area contributed by atoms with Gasteiger partial charge in [0.25, 0.3) is 0 Å². The molecular formula is C6H19NO3Zr. The molecule has 0 bridgehead atoms. The first-order chi connectivity index (χ1) is 4.41. The van der Waals surface area contributed by atoms with Crippen LogP contribution in [0, 0.1) is 6.92 Å². The van der Waals surface area contributed by atoms with E-state index in [4.69, 9.17) is 15.3 Å². The van der Waals surface area contributed by atoms with Gasteiger partial charge >= 0.3 is 26.2 Å². The molecule has 5 heteroatoms. The van der Waals surface area contributed by atoms with Crippen LogP contribution >= 0.6 is 0 Å². The van der Waals surface area contributed by atoms with Crippen molar-refractivity contribution in [3.05, 3.63) is 25.7 Å². The third kappa shape index (κ3) is 6470. The van der Waals surface area contributed by atoms with E-state index in [1.165, 1.54) is 6.08 Å². The average Bonchev–Trinajstić information content (AvgIpc) is 2.01. The molecule has 5 N–H and O–H groups in total. The summed E-state index contributed by atoms with van der Waals surface area (Å²) in [7, 11) is 3.00. The molecule has 0 aromatic rings. The van der Waals surface area contributed by atoms with E-state index in [1.54, 1.807) is 0 Å². The van der Waals surface area contributed by atoms with E-state index >= 15 is 0 Å². The van der Waals surface area contributed by atoms with Gasteiger partial charge in [-0.05, 0) is 0 Å². The number of aliphatic hydroxyl groups excluding tert-OH is 3. The molecule has 11 heavy (non-hydrogen) atoms. The van der Waals surface area contributed by atoms with E-state index in [-0.39, 0.29) is 32.4 Å². The summed E-state index contributed by atoms with van der Waals surface area (Å²) in [5, 5.41) is 21.0. The van der Waals surface area contributed by atoms with E-state index < -0.39 is 0 Å². The normalized spacial score (nSPS) is 2.73. The van der Waals surface area contributed by atoms with Crippen molar-refractivity contribution in [3.8, 4) is 0 Å². The van der Waals surface area contributed by atoms with Gasteiger partial charge in [-0.1, -0.05) is 0 Å². The zero-order valence-corrected chi connectivity index (χ0v) is 9.87. The van der Waals surface area contributed by atoms with Crippen LogP contribution in [0.2, 0.25) is 0 Å². The first kappa shape index (κ1) is 42.5. The Hall–Kier alpha value is 0.333. The third-order valence-corrected chi connectivity index (χ3v) is 0. The number of nitrogens with two attached hydrogens (primary N) is 1. The van der Waals surface area contributed by atoms with Gasteiger partial charge < -0.3 is 21.5 Å². The van der Waals surface area contributed by atoms with E-state index in [0.717, 1.165) is 21.3 Å². The van der Waals surface area contributed by atoms with Gasteiger partial charge in [-0.25, -0.2) is 19.6 Å². The Morgan fingerprint density at radius 3 is 1.00 bits per heavy atom. The quantitative estimate of drug-likeness (QED) is 0.543. The molecule has 0 amide bonds. The van der Waals surface area contributed by atoms with Gasteiger partial charge in [-0.15, -0.1) is 0 Å². The van der Waals surface area contributed by atoms with Crippen molar-refractivity contribution in [3.63, 3.8) is 0 Å². The minimum Gasteiger partial charge on any atom is -0.693 e. The van der Waals surface area contributed by atoms with Crippen LogP contribution in [0.5, 0.6) is 0 Å². The van der Waals surface area contributed by atoms with Gasteiger partial charge in [0.05, 0.1) is 0 Å². The van der Waals surface area contributed by atoms with Gasteiger partial charge in [0.2, 0.25) is 0 Å². The molecule has 0 aliphatic heterocycles. The molecule has 0 aliphatic rings. The van der Waals surface area contributed by atoms with Gasteiger partial charge in [-0.3, -0.25) is 0 Å². The number of allylic oxidation sites excluding steroid dienone is 1. The number of hydrogen-bond donors (Lipinski definition) is 3. The van der Waals surface area contributed by atoms with Crippen LogP contribution in [0.15, 0.2) is 12.7 Å². The molecule has 0 aromatic heterocycles. The maximum absolute atomic E-state index is 7.00. The standard InChI is InChI=1S/C3H5.3CH4O.H2N.Zr/c1-3-2;3*1-2;;/h3H,1-2H2;3*2H,1H3;1H2;/q-1;;;;-1;+2. The molecule has 0 aromatic carbocycles. The third-order valence-electron chi connectivity index (χ3n) is 0. The van der Waals surface area contributed by atoms with E-state index in [9.17, 15) is 0 Å².